The lowest BCUT2D eigenvalue weighted by molar-refractivity contribution is 0.668. The Morgan fingerprint density at radius 1 is 0.346 bits per heavy atom. The van der Waals surface area contributed by atoms with Crippen molar-refractivity contribution in [2.24, 2.45) is 0 Å². The Kier molecular flexibility index (Phi) is 6.42. The summed E-state index contributed by atoms with van der Waals surface area (Å²) in [7, 11) is 0. The lowest BCUT2D eigenvalue weighted by Crippen LogP contribution is -2.10. The molecule has 0 unspecified atom stereocenters. The van der Waals surface area contributed by atoms with Crippen LogP contribution in [0, 0.1) is 0 Å². The highest BCUT2D eigenvalue weighted by Crippen LogP contribution is 2.44. The molecule has 11 aromatic rings. The van der Waals surface area contributed by atoms with E-state index < -0.39 is 0 Å². The summed E-state index contributed by atoms with van der Waals surface area (Å²) in [5.74, 6) is 0. The first-order valence-electron chi connectivity index (χ1n) is 17.5. The molecule has 0 aliphatic rings. The Labute approximate surface area is 303 Å². The van der Waals surface area contributed by atoms with Gasteiger partial charge in [0.2, 0.25) is 0 Å². The molecule has 3 aromatic heterocycles. The van der Waals surface area contributed by atoms with Crippen LogP contribution in [0.15, 0.2) is 185 Å². The molecule has 0 saturated heterocycles. The number of furan rings is 2. The SMILES string of the molecule is c1cc(-c2ccc3c(c2)oc2ccccc23)cc(N(c2ccc(-c3ccc4c(c3)sc3ccccc34)cc2)c2cccc3oc4ccccc4c23)c1. The number of hydrogen-bond donors (Lipinski definition) is 0. The summed E-state index contributed by atoms with van der Waals surface area (Å²) >= 11 is 1.85. The quantitative estimate of drug-likeness (QED) is 0.181. The van der Waals surface area contributed by atoms with Crippen LogP contribution in [0.3, 0.4) is 0 Å². The Balaban J connectivity index is 1.06. The van der Waals surface area contributed by atoms with Gasteiger partial charge in [-0.2, -0.15) is 0 Å². The van der Waals surface area contributed by atoms with Crippen molar-refractivity contribution < 1.29 is 8.83 Å². The van der Waals surface area contributed by atoms with Gasteiger partial charge < -0.3 is 13.7 Å². The van der Waals surface area contributed by atoms with Crippen LogP contribution in [0.2, 0.25) is 0 Å². The molecule has 0 atom stereocenters. The van der Waals surface area contributed by atoms with E-state index in [0.717, 1.165) is 72.1 Å². The Hall–Kier alpha value is -6.62. The predicted octanol–water partition coefficient (Wildman–Crippen LogP) is 14.7. The van der Waals surface area contributed by atoms with E-state index in [9.17, 15) is 0 Å². The second-order valence-electron chi connectivity index (χ2n) is 13.3. The van der Waals surface area contributed by atoms with Crippen molar-refractivity contribution in [3.05, 3.63) is 176 Å². The number of para-hydroxylation sites is 2. The number of hydrogen-bond acceptors (Lipinski definition) is 4. The smallest absolute Gasteiger partial charge is 0.137 e. The Morgan fingerprint density at radius 3 is 1.81 bits per heavy atom. The molecule has 0 N–H and O–H groups in total. The highest BCUT2D eigenvalue weighted by molar-refractivity contribution is 7.25. The summed E-state index contributed by atoms with van der Waals surface area (Å²) in [5.41, 5.74) is 11.3. The van der Waals surface area contributed by atoms with Crippen molar-refractivity contribution in [2.45, 2.75) is 0 Å². The van der Waals surface area contributed by atoms with Crippen LogP contribution in [0.5, 0.6) is 0 Å². The number of nitrogens with zero attached hydrogens (tertiary/aromatic N) is 1. The molecule has 0 fully saturated rings. The average molecular weight is 684 g/mol. The van der Waals surface area contributed by atoms with Gasteiger partial charge in [0.15, 0.2) is 0 Å². The zero-order valence-electron chi connectivity index (χ0n) is 27.9. The molecule has 3 heterocycles. The average Bonchev–Trinajstić information content (AvgIpc) is 3.89. The van der Waals surface area contributed by atoms with E-state index in [1.54, 1.807) is 0 Å². The van der Waals surface area contributed by atoms with Gasteiger partial charge in [-0.15, -0.1) is 11.3 Å². The molecule has 244 valence electrons. The number of benzene rings is 8. The summed E-state index contributed by atoms with van der Waals surface area (Å²) in [4.78, 5) is 2.35. The summed E-state index contributed by atoms with van der Waals surface area (Å²) in [6.07, 6.45) is 0. The summed E-state index contributed by atoms with van der Waals surface area (Å²) in [6.45, 7) is 0. The molecule has 0 bridgehead atoms. The highest BCUT2D eigenvalue weighted by atomic mass is 32.1. The molecule has 0 aliphatic heterocycles. The normalized spacial score (nSPS) is 11.8. The summed E-state index contributed by atoms with van der Waals surface area (Å²) in [6, 6.07) is 62.6. The van der Waals surface area contributed by atoms with Crippen LogP contribution in [0.1, 0.15) is 0 Å². The van der Waals surface area contributed by atoms with Gasteiger partial charge in [-0.05, 0) is 95.1 Å². The lowest BCUT2D eigenvalue weighted by atomic mass is 10.0. The molecule has 0 spiro atoms. The fourth-order valence-corrected chi connectivity index (χ4v) is 8.95. The number of rotatable bonds is 5. The van der Waals surface area contributed by atoms with Crippen molar-refractivity contribution in [1.29, 1.82) is 0 Å². The minimum Gasteiger partial charge on any atom is -0.456 e. The molecule has 0 saturated carbocycles. The van der Waals surface area contributed by atoms with E-state index in [-0.39, 0.29) is 0 Å². The largest absolute Gasteiger partial charge is 0.456 e. The van der Waals surface area contributed by atoms with E-state index in [0.29, 0.717) is 0 Å². The maximum atomic E-state index is 6.37. The predicted molar refractivity (Wildman–Crippen MR) is 219 cm³/mol. The zero-order chi connectivity index (χ0) is 34.2. The molecule has 4 heteroatoms. The molecule has 8 aromatic carbocycles. The standard InChI is InChI=1S/C48H29NO2S/c1-4-15-42-36(11-1)37-25-21-32(28-45(37)51-42)31-9-7-10-35(27-31)49(41-14-8-17-44-48(41)40-13-2-5-16-43(40)50-44)34-23-19-30(20-24-34)33-22-26-39-38-12-3-6-18-46(38)52-47(39)29-33/h1-29H. The highest BCUT2D eigenvalue weighted by Gasteiger charge is 2.20. The van der Waals surface area contributed by atoms with Gasteiger partial charge in [-0.1, -0.05) is 103 Å². The summed E-state index contributed by atoms with van der Waals surface area (Å²) in [5, 5.41) is 7.08. The zero-order valence-corrected chi connectivity index (χ0v) is 28.7. The van der Waals surface area contributed by atoms with Crippen LogP contribution in [-0.2, 0) is 0 Å². The number of fused-ring (bicyclic) bond motifs is 9. The third kappa shape index (κ3) is 4.58. The van der Waals surface area contributed by atoms with Gasteiger partial charge in [0.25, 0.3) is 0 Å². The van der Waals surface area contributed by atoms with Crippen molar-refractivity contribution in [3.63, 3.8) is 0 Å². The van der Waals surface area contributed by atoms with Crippen molar-refractivity contribution in [1.82, 2.24) is 0 Å². The van der Waals surface area contributed by atoms with E-state index in [2.05, 4.69) is 157 Å². The molecule has 0 amide bonds. The van der Waals surface area contributed by atoms with Crippen LogP contribution >= 0.6 is 11.3 Å². The molecular weight excluding hydrogens is 655 g/mol. The maximum absolute atomic E-state index is 6.37. The number of anilines is 3. The fourth-order valence-electron chi connectivity index (χ4n) is 7.81. The molecule has 0 radical (unpaired) electrons. The molecular formula is C48H29NO2S. The van der Waals surface area contributed by atoms with Crippen LogP contribution in [-0.4, -0.2) is 0 Å². The monoisotopic (exact) mass is 683 g/mol. The van der Waals surface area contributed by atoms with Gasteiger partial charge in [0, 0.05) is 47.7 Å². The first-order valence-corrected chi connectivity index (χ1v) is 18.3. The van der Waals surface area contributed by atoms with Crippen LogP contribution in [0.25, 0.3) is 86.3 Å². The van der Waals surface area contributed by atoms with Gasteiger partial charge in [-0.25, -0.2) is 0 Å². The molecule has 52 heavy (non-hydrogen) atoms. The van der Waals surface area contributed by atoms with Gasteiger partial charge >= 0.3 is 0 Å². The third-order valence-electron chi connectivity index (χ3n) is 10.3. The van der Waals surface area contributed by atoms with Gasteiger partial charge in [-0.3, -0.25) is 0 Å². The summed E-state index contributed by atoms with van der Waals surface area (Å²) < 4.78 is 15.3. The van der Waals surface area contributed by atoms with E-state index in [4.69, 9.17) is 8.83 Å². The van der Waals surface area contributed by atoms with E-state index in [1.165, 1.54) is 31.3 Å². The second kappa shape index (κ2) is 11.5. The first-order chi connectivity index (χ1) is 25.7. The third-order valence-corrected chi connectivity index (χ3v) is 11.4. The van der Waals surface area contributed by atoms with E-state index in [1.807, 2.05) is 35.6 Å². The molecule has 0 aliphatic carbocycles. The lowest BCUT2D eigenvalue weighted by Gasteiger charge is -2.27. The first kappa shape index (κ1) is 29.1. The molecule has 3 nitrogen and oxygen atoms in total. The van der Waals surface area contributed by atoms with Crippen LogP contribution in [0.4, 0.5) is 17.1 Å². The minimum absolute atomic E-state index is 0.864. The van der Waals surface area contributed by atoms with Crippen molar-refractivity contribution >= 4 is 92.4 Å². The molecule has 11 rings (SSSR count). The maximum Gasteiger partial charge on any atom is 0.137 e. The van der Waals surface area contributed by atoms with Crippen LogP contribution < -0.4 is 4.90 Å². The van der Waals surface area contributed by atoms with E-state index >= 15 is 0 Å². The van der Waals surface area contributed by atoms with Crippen molar-refractivity contribution in [3.8, 4) is 22.3 Å². The minimum atomic E-state index is 0.864. The Bertz CT molecular complexity index is 3150. The fraction of sp³-hybridized carbons (Fsp3) is 0. The number of thiophene rings is 1. The van der Waals surface area contributed by atoms with Gasteiger partial charge in [0.1, 0.15) is 22.3 Å². The second-order valence-corrected chi connectivity index (χ2v) is 14.4. The van der Waals surface area contributed by atoms with Crippen molar-refractivity contribution in [2.75, 3.05) is 4.90 Å². The van der Waals surface area contributed by atoms with Gasteiger partial charge in [0.05, 0.1) is 11.1 Å². The topological polar surface area (TPSA) is 29.5 Å². The Morgan fingerprint density at radius 2 is 0.942 bits per heavy atom.